The van der Waals surface area contributed by atoms with Crippen molar-refractivity contribution in [1.82, 2.24) is 0 Å². The van der Waals surface area contributed by atoms with Gasteiger partial charge in [-0.2, -0.15) is 30.7 Å². The number of hydrogen-bond donors (Lipinski definition) is 0. The van der Waals surface area contributed by atoms with E-state index >= 15 is 0 Å². The Bertz CT molecular complexity index is 243. The van der Waals surface area contributed by atoms with Crippen LogP contribution in [0, 0.1) is 6.92 Å². The molecular weight excluding hydrogens is 245 g/mol. The third-order valence-electron chi connectivity index (χ3n) is 1.46. The summed E-state index contributed by atoms with van der Waals surface area (Å²) in [5.74, 6) is -11.4. The van der Waals surface area contributed by atoms with Crippen LogP contribution in [0.3, 0.4) is 0 Å². The van der Waals surface area contributed by atoms with E-state index in [0.29, 0.717) is 6.08 Å². The molecular formula is C8H8F7O. The van der Waals surface area contributed by atoms with Gasteiger partial charge in [0.15, 0.2) is 0 Å². The molecule has 8 heteroatoms. The molecule has 0 aliphatic heterocycles. The lowest BCUT2D eigenvalue weighted by molar-refractivity contribution is -0.341. The summed E-state index contributed by atoms with van der Waals surface area (Å²) >= 11 is 0. The lowest BCUT2D eigenvalue weighted by atomic mass is 10.1. The quantitative estimate of drug-likeness (QED) is 0.415. The molecule has 1 radical (unpaired) electrons. The predicted octanol–water partition coefficient (Wildman–Crippen LogP) is 3.23. The number of ether oxygens (including phenoxy) is 1. The molecule has 0 aliphatic rings. The molecule has 0 amide bonds. The Balaban J connectivity index is 4.71. The first-order valence-electron chi connectivity index (χ1n) is 3.93. The third-order valence-corrected chi connectivity index (χ3v) is 1.46. The summed E-state index contributed by atoms with van der Waals surface area (Å²) in [6.07, 6.45) is -6.46. The fraction of sp³-hybridized carbons (Fsp3) is 0.625. The fourth-order valence-electron chi connectivity index (χ4n) is 0.641. The van der Waals surface area contributed by atoms with Crippen molar-refractivity contribution in [2.75, 3.05) is 13.2 Å². The molecule has 95 valence electrons. The van der Waals surface area contributed by atoms with E-state index in [0.717, 1.165) is 0 Å². The molecule has 0 aromatic heterocycles. The standard InChI is InChI=1S/C8H8F7O/c1-2-16-5-3-4-6(9,10)7(11,12)8(13,14)15/h3-4H,1-2,5H2. The number of alkyl halides is 7. The van der Waals surface area contributed by atoms with Crippen molar-refractivity contribution >= 4 is 0 Å². The fourth-order valence-corrected chi connectivity index (χ4v) is 0.641. The Morgan fingerprint density at radius 2 is 1.50 bits per heavy atom. The first-order chi connectivity index (χ1) is 7.06. The summed E-state index contributed by atoms with van der Waals surface area (Å²) in [4.78, 5) is 0. The normalized spacial score (nSPS) is 14.8. The summed E-state index contributed by atoms with van der Waals surface area (Å²) in [5.41, 5.74) is 0. The van der Waals surface area contributed by atoms with Crippen LogP contribution < -0.4 is 0 Å². The maximum Gasteiger partial charge on any atom is 0.460 e. The zero-order chi connectivity index (χ0) is 13.0. The predicted molar refractivity (Wildman–Crippen MR) is 41.3 cm³/mol. The van der Waals surface area contributed by atoms with Crippen LogP contribution in [0.25, 0.3) is 0 Å². The summed E-state index contributed by atoms with van der Waals surface area (Å²) in [6, 6.07) is 0. The van der Waals surface area contributed by atoms with Crippen LogP contribution in [0.2, 0.25) is 0 Å². The average Bonchev–Trinajstić information content (AvgIpc) is 2.10. The second-order valence-corrected chi connectivity index (χ2v) is 2.67. The molecule has 0 rings (SSSR count). The van der Waals surface area contributed by atoms with Crippen molar-refractivity contribution in [1.29, 1.82) is 0 Å². The van der Waals surface area contributed by atoms with Gasteiger partial charge in [-0.15, -0.1) is 0 Å². The van der Waals surface area contributed by atoms with Gasteiger partial charge in [0.2, 0.25) is 0 Å². The van der Waals surface area contributed by atoms with Crippen LogP contribution in [0.15, 0.2) is 12.2 Å². The van der Waals surface area contributed by atoms with Crippen molar-refractivity contribution < 1.29 is 35.5 Å². The number of allylic oxidation sites excluding steroid dienone is 1. The Morgan fingerprint density at radius 3 is 1.88 bits per heavy atom. The van der Waals surface area contributed by atoms with E-state index in [-0.39, 0.29) is 6.61 Å². The average molecular weight is 253 g/mol. The summed E-state index contributed by atoms with van der Waals surface area (Å²) in [6.45, 7) is 2.50. The van der Waals surface area contributed by atoms with Gasteiger partial charge in [-0.3, -0.25) is 0 Å². The van der Waals surface area contributed by atoms with Gasteiger partial charge in [0, 0.05) is 6.61 Å². The smallest absolute Gasteiger partial charge is 0.377 e. The van der Waals surface area contributed by atoms with Crippen LogP contribution >= 0.6 is 0 Å². The van der Waals surface area contributed by atoms with Crippen molar-refractivity contribution in [3.05, 3.63) is 19.1 Å². The summed E-state index contributed by atoms with van der Waals surface area (Å²) in [7, 11) is 0. The largest absolute Gasteiger partial charge is 0.460 e. The van der Waals surface area contributed by atoms with E-state index in [1.807, 2.05) is 0 Å². The van der Waals surface area contributed by atoms with E-state index in [9.17, 15) is 30.7 Å². The van der Waals surface area contributed by atoms with E-state index in [1.54, 1.807) is 0 Å². The summed E-state index contributed by atoms with van der Waals surface area (Å²) in [5, 5.41) is 0. The van der Waals surface area contributed by atoms with E-state index in [1.165, 1.54) is 0 Å². The van der Waals surface area contributed by atoms with Crippen LogP contribution in [-0.2, 0) is 4.74 Å². The Morgan fingerprint density at radius 1 is 1.00 bits per heavy atom. The highest BCUT2D eigenvalue weighted by atomic mass is 19.4. The molecule has 0 heterocycles. The second-order valence-electron chi connectivity index (χ2n) is 2.67. The van der Waals surface area contributed by atoms with Crippen LogP contribution in [-0.4, -0.2) is 31.2 Å². The third kappa shape index (κ3) is 3.36. The molecule has 0 fully saturated rings. The van der Waals surface area contributed by atoms with Gasteiger partial charge in [0.05, 0.1) is 6.61 Å². The topological polar surface area (TPSA) is 9.23 Å². The highest BCUT2D eigenvalue weighted by molar-refractivity contribution is 5.05. The number of hydrogen-bond acceptors (Lipinski definition) is 1. The first kappa shape index (κ1) is 15.2. The van der Waals surface area contributed by atoms with Gasteiger partial charge in [0.25, 0.3) is 0 Å². The minimum Gasteiger partial charge on any atom is -0.377 e. The minimum atomic E-state index is -6.31. The Labute approximate surface area is 86.9 Å². The van der Waals surface area contributed by atoms with Gasteiger partial charge in [0.1, 0.15) is 0 Å². The molecule has 16 heavy (non-hydrogen) atoms. The minimum absolute atomic E-state index is 0.119. The lowest BCUT2D eigenvalue weighted by Gasteiger charge is -2.25. The Hall–Kier alpha value is -0.790. The Kier molecular flexibility index (Phi) is 4.78. The SMILES string of the molecule is [CH2]COCC=CC(F)(F)C(F)(F)C(F)(F)F. The van der Waals surface area contributed by atoms with Gasteiger partial charge in [-0.25, -0.2) is 0 Å². The van der Waals surface area contributed by atoms with Crippen LogP contribution in [0.5, 0.6) is 0 Å². The van der Waals surface area contributed by atoms with E-state index in [2.05, 4.69) is 11.7 Å². The highest BCUT2D eigenvalue weighted by Gasteiger charge is 2.71. The summed E-state index contributed by atoms with van der Waals surface area (Å²) < 4.78 is 88.6. The second kappa shape index (κ2) is 5.03. The molecule has 0 saturated heterocycles. The van der Waals surface area contributed by atoms with Gasteiger partial charge in [-0.1, -0.05) is 6.08 Å². The molecule has 0 saturated carbocycles. The van der Waals surface area contributed by atoms with Crippen molar-refractivity contribution in [3.63, 3.8) is 0 Å². The molecule has 0 aliphatic carbocycles. The molecule has 0 aromatic carbocycles. The van der Waals surface area contributed by atoms with Crippen molar-refractivity contribution in [3.8, 4) is 0 Å². The molecule has 0 bridgehead atoms. The zero-order valence-electron chi connectivity index (χ0n) is 7.83. The van der Waals surface area contributed by atoms with Gasteiger partial charge in [-0.05, 0) is 13.0 Å². The molecule has 0 N–H and O–H groups in total. The molecule has 0 aromatic rings. The molecule has 1 nitrogen and oxygen atoms in total. The molecule has 0 unspecified atom stereocenters. The number of rotatable bonds is 5. The van der Waals surface area contributed by atoms with Crippen LogP contribution in [0.4, 0.5) is 30.7 Å². The van der Waals surface area contributed by atoms with Crippen LogP contribution in [0.1, 0.15) is 0 Å². The first-order valence-corrected chi connectivity index (χ1v) is 3.93. The zero-order valence-corrected chi connectivity index (χ0v) is 7.83. The highest BCUT2D eigenvalue weighted by Crippen LogP contribution is 2.46. The van der Waals surface area contributed by atoms with Gasteiger partial charge >= 0.3 is 18.0 Å². The monoisotopic (exact) mass is 253 g/mol. The van der Waals surface area contributed by atoms with Crippen molar-refractivity contribution in [2.24, 2.45) is 0 Å². The molecule has 0 spiro atoms. The maximum absolute atomic E-state index is 12.5. The van der Waals surface area contributed by atoms with Gasteiger partial charge < -0.3 is 4.74 Å². The van der Waals surface area contributed by atoms with E-state index in [4.69, 9.17) is 0 Å². The number of halogens is 7. The lowest BCUT2D eigenvalue weighted by Crippen LogP contribution is -2.50. The molecule has 0 atom stereocenters. The van der Waals surface area contributed by atoms with Crippen molar-refractivity contribution in [2.45, 2.75) is 18.0 Å². The van der Waals surface area contributed by atoms with E-state index < -0.39 is 30.7 Å². The maximum atomic E-state index is 12.5.